The van der Waals surface area contributed by atoms with Crippen LogP contribution in [0.3, 0.4) is 0 Å². The Morgan fingerprint density at radius 2 is 1.78 bits per heavy atom. The molecule has 3 aromatic rings. The lowest BCUT2D eigenvalue weighted by Gasteiger charge is -2.14. The van der Waals surface area contributed by atoms with Crippen LogP contribution in [0.1, 0.15) is 5.56 Å². The second-order valence-electron chi connectivity index (χ2n) is 6.31. The number of aromatic nitrogens is 1. The summed E-state index contributed by atoms with van der Waals surface area (Å²) >= 11 is 1.44. The van der Waals surface area contributed by atoms with Gasteiger partial charge in [0.25, 0.3) is 0 Å². The second kappa shape index (κ2) is 7.38. The van der Waals surface area contributed by atoms with Crippen LogP contribution < -0.4 is 4.80 Å². The molecule has 1 aromatic heterocycles. The van der Waals surface area contributed by atoms with Crippen molar-refractivity contribution in [1.82, 2.24) is 8.87 Å². The molecule has 8 heteroatoms. The first-order chi connectivity index (χ1) is 12.7. The lowest BCUT2D eigenvalue weighted by Crippen LogP contribution is -2.22. The van der Waals surface area contributed by atoms with Crippen molar-refractivity contribution in [3.05, 3.63) is 64.0 Å². The third kappa shape index (κ3) is 3.87. The molecule has 0 aliphatic rings. The summed E-state index contributed by atoms with van der Waals surface area (Å²) in [7, 11) is 1.39. The van der Waals surface area contributed by atoms with Crippen molar-refractivity contribution in [2.75, 3.05) is 14.1 Å². The molecule has 0 saturated heterocycles. The molecule has 142 valence electrons. The topological polar surface area (TPSA) is 54.7 Å². The Labute approximate surface area is 162 Å². The lowest BCUT2D eigenvalue weighted by molar-refractivity contribution is 0.521. The molecule has 5 nitrogen and oxygen atoms in total. The largest absolute Gasteiger partial charge is 0.320 e. The van der Waals surface area contributed by atoms with E-state index in [9.17, 15) is 12.8 Å². The number of sulfonamides is 1. The van der Waals surface area contributed by atoms with Crippen molar-refractivity contribution in [3.63, 3.8) is 0 Å². The van der Waals surface area contributed by atoms with Crippen molar-refractivity contribution in [2.24, 2.45) is 12.0 Å². The van der Waals surface area contributed by atoms with Crippen LogP contribution in [0.2, 0.25) is 0 Å². The van der Waals surface area contributed by atoms with Crippen molar-refractivity contribution in [3.8, 4) is 11.3 Å². The van der Waals surface area contributed by atoms with Crippen LogP contribution in [0.5, 0.6) is 0 Å². The van der Waals surface area contributed by atoms with E-state index in [0.717, 1.165) is 21.6 Å². The zero-order chi connectivity index (χ0) is 19.8. The number of halogens is 1. The van der Waals surface area contributed by atoms with Gasteiger partial charge in [-0.05, 0) is 48.9 Å². The standard InChI is InChI=1S/C19H20FN3O2S2/c1-13-5-10-16(27(24,25)22(2)3)11-17(13)18-12-26-19(23(18)4)21-15-8-6-14(20)7-9-15/h5-12H,1-4H3. The smallest absolute Gasteiger partial charge is 0.242 e. The van der Waals surface area contributed by atoms with Crippen LogP contribution >= 0.6 is 11.3 Å². The van der Waals surface area contributed by atoms with Gasteiger partial charge in [0.05, 0.1) is 16.3 Å². The molecular weight excluding hydrogens is 385 g/mol. The molecule has 3 rings (SSSR count). The summed E-state index contributed by atoms with van der Waals surface area (Å²) in [5, 5.41) is 1.94. The SMILES string of the molecule is Cc1ccc(S(=O)(=O)N(C)C)cc1-c1csc(=Nc2ccc(F)cc2)n1C. The fourth-order valence-corrected chi connectivity index (χ4v) is 4.43. The van der Waals surface area contributed by atoms with E-state index in [2.05, 4.69) is 4.99 Å². The minimum atomic E-state index is -3.51. The Morgan fingerprint density at radius 1 is 1.11 bits per heavy atom. The van der Waals surface area contributed by atoms with Crippen LogP contribution in [0.25, 0.3) is 11.3 Å². The van der Waals surface area contributed by atoms with E-state index in [1.165, 1.54) is 41.9 Å². The Morgan fingerprint density at radius 3 is 2.41 bits per heavy atom. The van der Waals surface area contributed by atoms with E-state index in [0.29, 0.717) is 5.69 Å². The van der Waals surface area contributed by atoms with Crippen LogP contribution in [0.15, 0.2) is 57.7 Å². The Balaban J connectivity index is 2.11. The molecule has 1 heterocycles. The number of thiazole rings is 1. The molecule has 0 atom stereocenters. The van der Waals surface area contributed by atoms with Gasteiger partial charge in [0.1, 0.15) is 5.82 Å². The van der Waals surface area contributed by atoms with E-state index >= 15 is 0 Å². The van der Waals surface area contributed by atoms with Gasteiger partial charge in [0, 0.05) is 32.1 Å². The van der Waals surface area contributed by atoms with Crippen molar-refractivity contribution in [1.29, 1.82) is 0 Å². The van der Waals surface area contributed by atoms with Crippen LogP contribution in [-0.4, -0.2) is 31.4 Å². The maximum absolute atomic E-state index is 13.1. The predicted molar refractivity (Wildman–Crippen MR) is 106 cm³/mol. The zero-order valence-corrected chi connectivity index (χ0v) is 17.1. The first-order valence-corrected chi connectivity index (χ1v) is 10.5. The summed E-state index contributed by atoms with van der Waals surface area (Å²) in [6.07, 6.45) is 0. The van der Waals surface area contributed by atoms with Crippen molar-refractivity contribution in [2.45, 2.75) is 11.8 Å². The number of hydrogen-bond donors (Lipinski definition) is 0. The van der Waals surface area contributed by atoms with E-state index < -0.39 is 10.0 Å². The fourth-order valence-electron chi connectivity index (χ4n) is 2.59. The number of aryl methyl sites for hydroxylation is 1. The minimum absolute atomic E-state index is 0.247. The number of nitrogens with zero attached hydrogens (tertiary/aromatic N) is 3. The van der Waals surface area contributed by atoms with Gasteiger partial charge in [-0.25, -0.2) is 22.1 Å². The van der Waals surface area contributed by atoms with Gasteiger partial charge < -0.3 is 4.57 Å². The molecule has 0 unspecified atom stereocenters. The summed E-state index contributed by atoms with van der Waals surface area (Å²) in [6.45, 7) is 1.94. The highest BCUT2D eigenvalue weighted by atomic mass is 32.2. The average molecular weight is 406 g/mol. The van der Waals surface area contributed by atoms with Crippen LogP contribution in [0, 0.1) is 12.7 Å². The minimum Gasteiger partial charge on any atom is -0.320 e. The maximum Gasteiger partial charge on any atom is 0.242 e. The average Bonchev–Trinajstić information content (AvgIpc) is 2.97. The molecule has 0 amide bonds. The van der Waals surface area contributed by atoms with Gasteiger partial charge in [-0.1, -0.05) is 6.07 Å². The summed E-state index contributed by atoms with van der Waals surface area (Å²) < 4.78 is 41.1. The van der Waals surface area contributed by atoms with Gasteiger partial charge >= 0.3 is 0 Å². The van der Waals surface area contributed by atoms with Gasteiger partial charge in [-0.2, -0.15) is 0 Å². The third-order valence-corrected chi connectivity index (χ3v) is 6.97. The quantitative estimate of drug-likeness (QED) is 0.665. The molecule has 2 aromatic carbocycles. The molecule has 0 aliphatic carbocycles. The Bertz CT molecular complexity index is 1140. The molecule has 27 heavy (non-hydrogen) atoms. The van der Waals surface area contributed by atoms with Gasteiger partial charge in [-0.15, -0.1) is 11.3 Å². The highest BCUT2D eigenvalue weighted by Crippen LogP contribution is 2.27. The lowest BCUT2D eigenvalue weighted by atomic mass is 10.1. The van der Waals surface area contributed by atoms with Crippen molar-refractivity contribution >= 4 is 27.0 Å². The zero-order valence-electron chi connectivity index (χ0n) is 15.5. The van der Waals surface area contributed by atoms with Crippen LogP contribution in [-0.2, 0) is 17.1 Å². The normalized spacial score (nSPS) is 12.7. The first kappa shape index (κ1) is 19.5. The van der Waals surface area contributed by atoms with Gasteiger partial charge in [0.15, 0.2) is 4.80 Å². The molecule has 0 saturated carbocycles. The molecule has 0 N–H and O–H groups in total. The fraction of sp³-hybridized carbons (Fsp3) is 0.211. The van der Waals surface area contributed by atoms with E-state index in [1.807, 2.05) is 23.9 Å². The van der Waals surface area contributed by atoms with Gasteiger partial charge in [-0.3, -0.25) is 0 Å². The monoisotopic (exact) mass is 405 g/mol. The molecule has 0 bridgehead atoms. The van der Waals surface area contributed by atoms with Crippen molar-refractivity contribution < 1.29 is 12.8 Å². The molecule has 0 radical (unpaired) electrons. The second-order valence-corrected chi connectivity index (χ2v) is 9.30. The van der Waals surface area contributed by atoms with E-state index in [4.69, 9.17) is 0 Å². The van der Waals surface area contributed by atoms with E-state index in [1.54, 1.807) is 30.3 Å². The Hall–Kier alpha value is -2.29. The highest BCUT2D eigenvalue weighted by molar-refractivity contribution is 7.89. The number of rotatable bonds is 4. The van der Waals surface area contributed by atoms with E-state index in [-0.39, 0.29) is 10.7 Å². The third-order valence-electron chi connectivity index (χ3n) is 4.24. The molecule has 0 aliphatic heterocycles. The molecule has 0 spiro atoms. The number of benzene rings is 2. The Kier molecular flexibility index (Phi) is 5.32. The summed E-state index contributed by atoms with van der Waals surface area (Å²) in [5.41, 5.74) is 3.32. The molecular formula is C19H20FN3O2S2. The van der Waals surface area contributed by atoms with Crippen LogP contribution in [0.4, 0.5) is 10.1 Å². The predicted octanol–water partition coefficient (Wildman–Crippen LogP) is 3.68. The maximum atomic E-state index is 13.1. The summed E-state index contributed by atoms with van der Waals surface area (Å²) in [6, 6.07) is 11.1. The summed E-state index contributed by atoms with van der Waals surface area (Å²) in [5.74, 6) is -0.306. The van der Waals surface area contributed by atoms with Gasteiger partial charge in [0.2, 0.25) is 10.0 Å². The first-order valence-electron chi connectivity index (χ1n) is 8.18. The number of hydrogen-bond acceptors (Lipinski definition) is 4. The summed E-state index contributed by atoms with van der Waals surface area (Å²) in [4.78, 5) is 5.53. The highest BCUT2D eigenvalue weighted by Gasteiger charge is 2.19. The molecule has 0 fully saturated rings.